The van der Waals surface area contributed by atoms with Crippen molar-refractivity contribution in [1.29, 1.82) is 0 Å². The summed E-state index contributed by atoms with van der Waals surface area (Å²) in [5.74, 6) is 0. The zero-order valence-electron chi connectivity index (χ0n) is 9.05. The van der Waals surface area contributed by atoms with Gasteiger partial charge in [0.15, 0.2) is 0 Å². The van der Waals surface area contributed by atoms with Crippen molar-refractivity contribution in [3.05, 3.63) is 59.2 Å². The molecule has 0 atom stereocenters. The zero-order valence-corrected chi connectivity index (χ0v) is 10.2. The van der Waals surface area contributed by atoms with E-state index in [0.717, 1.165) is 5.56 Å². The second kappa shape index (κ2) is 7.47. The van der Waals surface area contributed by atoms with Crippen LogP contribution in [0.15, 0.2) is 42.5 Å². The normalized spacial score (nSPS) is 8.73. The molecule has 2 rings (SSSR count). The minimum absolute atomic E-state index is 0. The Hall–Kier alpha value is -0.821. The minimum Gasteiger partial charge on any atom is -0.404 e. The quantitative estimate of drug-likeness (QED) is 0.604. The maximum absolute atomic E-state index is 8.68. The van der Waals surface area contributed by atoms with Gasteiger partial charge in [-0.1, -0.05) is 13.8 Å². The fourth-order valence-electron chi connectivity index (χ4n) is 1.24. The van der Waals surface area contributed by atoms with Crippen molar-refractivity contribution in [3.8, 4) is 0 Å². The van der Waals surface area contributed by atoms with Crippen LogP contribution in [0.3, 0.4) is 0 Å². The van der Waals surface area contributed by atoms with E-state index in [1.807, 2.05) is 42.5 Å². The fourth-order valence-corrected chi connectivity index (χ4v) is 1.24. The van der Waals surface area contributed by atoms with Gasteiger partial charge in [-0.25, -0.2) is 12.1 Å². The molecule has 1 N–H and O–H groups in total. The molecular weight excluding hydrogens is 228 g/mol. The van der Waals surface area contributed by atoms with Gasteiger partial charge in [0.2, 0.25) is 0 Å². The van der Waals surface area contributed by atoms with Gasteiger partial charge in [0.1, 0.15) is 0 Å². The van der Waals surface area contributed by atoms with E-state index < -0.39 is 0 Å². The number of aliphatic hydroxyl groups excluding tert-OH is 1. The van der Waals surface area contributed by atoms with E-state index in [1.54, 1.807) is 0 Å². The van der Waals surface area contributed by atoms with Crippen molar-refractivity contribution >= 4 is 0 Å². The maximum Gasteiger partial charge on any atom is 2.00 e. The van der Waals surface area contributed by atoms with E-state index in [4.69, 9.17) is 5.11 Å². The number of hydrogen-bond acceptors (Lipinski definition) is 1. The van der Waals surface area contributed by atoms with Crippen molar-refractivity contribution < 1.29 is 22.2 Å². The number of aliphatic hydroxyl groups is 1. The summed E-state index contributed by atoms with van der Waals surface area (Å²) in [5, 5.41) is 8.68. The molecular formula is C13H16FeO. The molecule has 0 aliphatic carbocycles. The van der Waals surface area contributed by atoms with E-state index in [2.05, 4.69) is 13.8 Å². The van der Waals surface area contributed by atoms with Gasteiger partial charge in [-0.05, 0) is 0 Å². The Labute approximate surface area is 102 Å². The molecule has 0 spiro atoms. The van der Waals surface area contributed by atoms with Gasteiger partial charge < -0.3 is 5.11 Å². The average Bonchev–Trinajstić information content (AvgIpc) is 2.80. The molecule has 82 valence electrons. The Kier molecular flexibility index (Phi) is 7.06. The molecule has 0 radical (unpaired) electrons. The summed E-state index contributed by atoms with van der Waals surface area (Å²) >= 11 is 0. The first kappa shape index (κ1) is 14.2. The zero-order chi connectivity index (χ0) is 10.4. The molecule has 0 aliphatic heterocycles. The Morgan fingerprint density at radius 1 is 1.13 bits per heavy atom. The van der Waals surface area contributed by atoms with Gasteiger partial charge in [0.05, 0.1) is 0 Å². The van der Waals surface area contributed by atoms with Gasteiger partial charge in [-0.15, -0.1) is 5.56 Å². The molecule has 2 heteroatoms. The molecule has 0 aromatic heterocycles. The number of aryl methyl sites for hydroxylation is 2. The fraction of sp³-hybridized carbons (Fsp3) is 0.231. The van der Waals surface area contributed by atoms with Gasteiger partial charge in [0.25, 0.3) is 0 Å². The van der Waals surface area contributed by atoms with E-state index >= 15 is 0 Å². The smallest absolute Gasteiger partial charge is 0.404 e. The molecule has 0 amide bonds. The van der Waals surface area contributed by atoms with Crippen LogP contribution in [0.4, 0.5) is 0 Å². The first-order valence-electron chi connectivity index (χ1n) is 4.74. The Balaban J connectivity index is 0.000000280. The summed E-state index contributed by atoms with van der Waals surface area (Å²) in [7, 11) is 0. The molecule has 0 saturated heterocycles. The van der Waals surface area contributed by atoms with Crippen molar-refractivity contribution in [3.63, 3.8) is 0 Å². The first-order chi connectivity index (χ1) is 6.74. The largest absolute Gasteiger partial charge is 2.00 e. The predicted octanol–water partition coefficient (Wildman–Crippen LogP) is 2.92. The average molecular weight is 244 g/mol. The summed E-state index contributed by atoms with van der Waals surface area (Å²) in [6.45, 7) is 4.26. The molecule has 1 nitrogen and oxygen atoms in total. The standard InChI is InChI=1S/C8H11O.C5H5.Fe/c1-6-3-8(5-9)4-7(6)2;1-2-4-5-3-1;/h3-4,9H,5H2,1-2H3;1-5H;/q2*-1;+2. The Morgan fingerprint density at radius 3 is 1.80 bits per heavy atom. The summed E-state index contributed by atoms with van der Waals surface area (Å²) in [4.78, 5) is 0. The van der Waals surface area contributed by atoms with Crippen molar-refractivity contribution in [2.24, 2.45) is 0 Å². The van der Waals surface area contributed by atoms with Crippen LogP contribution in [0.2, 0.25) is 0 Å². The van der Waals surface area contributed by atoms with Crippen LogP contribution in [0.1, 0.15) is 16.7 Å². The molecule has 0 heterocycles. The van der Waals surface area contributed by atoms with Crippen LogP contribution in [-0.4, -0.2) is 5.11 Å². The SMILES string of the molecule is Cc1c[c-](CO)cc1C.[Fe+2].c1cc[cH-]c1. The Bertz CT molecular complexity index is 310. The Morgan fingerprint density at radius 2 is 1.60 bits per heavy atom. The van der Waals surface area contributed by atoms with Crippen LogP contribution < -0.4 is 0 Å². The van der Waals surface area contributed by atoms with Crippen LogP contribution in [0.5, 0.6) is 0 Å². The minimum atomic E-state index is 0. The summed E-state index contributed by atoms with van der Waals surface area (Å²) in [5.41, 5.74) is 3.54. The second-order valence-electron chi connectivity index (χ2n) is 3.35. The van der Waals surface area contributed by atoms with Gasteiger partial charge in [-0.2, -0.15) is 41.5 Å². The molecule has 0 saturated carbocycles. The molecule has 15 heavy (non-hydrogen) atoms. The predicted molar refractivity (Wildman–Crippen MR) is 59.5 cm³/mol. The summed E-state index contributed by atoms with van der Waals surface area (Å²) in [6.07, 6.45) is 0. The number of rotatable bonds is 1. The topological polar surface area (TPSA) is 20.2 Å². The monoisotopic (exact) mass is 244 g/mol. The third-order valence-corrected chi connectivity index (χ3v) is 2.16. The van der Waals surface area contributed by atoms with E-state index in [1.165, 1.54) is 11.1 Å². The first-order valence-corrected chi connectivity index (χ1v) is 4.74. The third-order valence-electron chi connectivity index (χ3n) is 2.16. The summed E-state index contributed by atoms with van der Waals surface area (Å²) < 4.78 is 0. The second-order valence-corrected chi connectivity index (χ2v) is 3.35. The van der Waals surface area contributed by atoms with Crippen molar-refractivity contribution in [2.45, 2.75) is 20.5 Å². The van der Waals surface area contributed by atoms with Gasteiger partial charge >= 0.3 is 17.1 Å². The molecule has 0 unspecified atom stereocenters. The van der Waals surface area contributed by atoms with E-state index in [9.17, 15) is 0 Å². The molecule has 2 aromatic carbocycles. The van der Waals surface area contributed by atoms with Crippen molar-refractivity contribution in [1.82, 2.24) is 0 Å². The van der Waals surface area contributed by atoms with Crippen LogP contribution in [-0.2, 0) is 23.7 Å². The molecule has 0 fully saturated rings. The van der Waals surface area contributed by atoms with Gasteiger partial charge in [0, 0.05) is 6.61 Å². The maximum atomic E-state index is 8.68. The van der Waals surface area contributed by atoms with Crippen LogP contribution >= 0.6 is 0 Å². The molecule has 0 aliphatic rings. The van der Waals surface area contributed by atoms with E-state index in [0.29, 0.717) is 0 Å². The van der Waals surface area contributed by atoms with Crippen LogP contribution in [0.25, 0.3) is 0 Å². The summed E-state index contributed by atoms with van der Waals surface area (Å²) in [6, 6.07) is 14.0. The van der Waals surface area contributed by atoms with Crippen molar-refractivity contribution in [2.75, 3.05) is 0 Å². The van der Waals surface area contributed by atoms with Crippen LogP contribution in [0, 0.1) is 13.8 Å². The van der Waals surface area contributed by atoms with E-state index in [-0.39, 0.29) is 23.7 Å². The molecule has 2 aromatic rings. The number of hydrogen-bond donors (Lipinski definition) is 1. The third kappa shape index (κ3) is 4.98. The van der Waals surface area contributed by atoms with Gasteiger partial charge in [-0.3, -0.25) is 0 Å². The molecule has 0 bridgehead atoms.